The van der Waals surface area contributed by atoms with E-state index in [0.29, 0.717) is 18.4 Å². The molecule has 1 saturated heterocycles. The van der Waals surface area contributed by atoms with Gasteiger partial charge < -0.3 is 24.6 Å². The molecule has 3 rings (SSSR count). The highest BCUT2D eigenvalue weighted by molar-refractivity contribution is 6.27. The summed E-state index contributed by atoms with van der Waals surface area (Å²) in [6, 6.07) is 13.1. The van der Waals surface area contributed by atoms with Crippen molar-refractivity contribution < 1.29 is 33.7 Å². The van der Waals surface area contributed by atoms with Crippen molar-refractivity contribution in [2.24, 2.45) is 5.92 Å². The van der Waals surface area contributed by atoms with Crippen molar-refractivity contribution in [1.29, 1.82) is 0 Å². The Balaban J connectivity index is 0.000000717. The van der Waals surface area contributed by atoms with Gasteiger partial charge in [-0.05, 0) is 74.2 Å². The van der Waals surface area contributed by atoms with Crippen LogP contribution >= 0.6 is 0 Å². The maximum absolute atomic E-state index is 13.5. The molecule has 7 nitrogen and oxygen atoms in total. The highest BCUT2D eigenvalue weighted by Gasteiger charge is 2.31. The van der Waals surface area contributed by atoms with E-state index >= 15 is 0 Å². The predicted molar refractivity (Wildman–Crippen MR) is 142 cm³/mol. The molecule has 37 heavy (non-hydrogen) atoms. The van der Waals surface area contributed by atoms with Gasteiger partial charge in [0.05, 0.1) is 13.7 Å². The molecule has 2 aromatic carbocycles. The quantitative estimate of drug-likeness (QED) is 0.310. The van der Waals surface area contributed by atoms with Gasteiger partial charge in [-0.15, -0.1) is 0 Å². The number of allylic oxidation sites excluding steroid dienone is 1. The van der Waals surface area contributed by atoms with Gasteiger partial charge in [0.25, 0.3) is 0 Å². The first-order valence-corrected chi connectivity index (χ1v) is 12.7. The number of unbranched alkanes of at least 4 members (excludes halogenated alkanes) is 2. The SMILES string of the molecule is C/C=C\c1ccc(OC[C@H]2CN(CCCCC)CC[C@@H]2c2ccc(F)cc2)c(OC)c1.O=C(O)C(=O)O. The fourth-order valence-corrected chi connectivity index (χ4v) is 4.51. The Morgan fingerprint density at radius 3 is 2.38 bits per heavy atom. The summed E-state index contributed by atoms with van der Waals surface area (Å²) < 4.78 is 25.3. The lowest BCUT2D eigenvalue weighted by atomic mass is 9.80. The number of rotatable bonds is 10. The Morgan fingerprint density at radius 2 is 1.78 bits per heavy atom. The number of nitrogens with zero attached hydrogens (tertiary/aromatic N) is 1. The van der Waals surface area contributed by atoms with Crippen molar-refractivity contribution in [3.63, 3.8) is 0 Å². The standard InChI is InChI=1S/C27H36FNO2.C2H2O4/c1-4-6-7-16-29-17-15-25(22-10-12-24(28)13-11-22)23(19-29)20-31-26-14-9-21(8-5-2)18-27(26)30-3;3-1(4)2(5)6/h5,8-14,18,23,25H,4,6-7,15-17,19-20H2,1-3H3;(H,3,4)(H,5,6)/b8-5-;/t23-,25-;/m1./s1. The molecule has 8 heteroatoms. The molecule has 0 saturated carbocycles. The highest BCUT2D eigenvalue weighted by atomic mass is 19.1. The third-order valence-corrected chi connectivity index (χ3v) is 6.38. The van der Waals surface area contributed by atoms with E-state index in [0.717, 1.165) is 43.1 Å². The van der Waals surface area contributed by atoms with E-state index in [-0.39, 0.29) is 5.82 Å². The minimum absolute atomic E-state index is 0.181. The van der Waals surface area contributed by atoms with Gasteiger partial charge in [0, 0.05) is 12.5 Å². The van der Waals surface area contributed by atoms with Crippen LogP contribution in [0.5, 0.6) is 11.5 Å². The van der Waals surface area contributed by atoms with Crippen LogP contribution in [-0.4, -0.2) is 60.4 Å². The van der Waals surface area contributed by atoms with Gasteiger partial charge in [0.15, 0.2) is 11.5 Å². The summed E-state index contributed by atoms with van der Waals surface area (Å²) in [6.07, 6.45) is 8.88. The van der Waals surface area contributed by atoms with Gasteiger partial charge in [-0.3, -0.25) is 0 Å². The predicted octanol–water partition coefficient (Wildman–Crippen LogP) is 5.70. The Hall–Kier alpha value is -3.39. The number of halogens is 1. The molecule has 0 unspecified atom stereocenters. The normalized spacial score (nSPS) is 17.6. The molecule has 1 aliphatic rings. The van der Waals surface area contributed by atoms with E-state index in [1.54, 1.807) is 19.2 Å². The molecule has 0 radical (unpaired) electrons. The number of benzene rings is 2. The van der Waals surface area contributed by atoms with Gasteiger partial charge in [-0.25, -0.2) is 14.0 Å². The largest absolute Gasteiger partial charge is 0.493 e. The summed E-state index contributed by atoms with van der Waals surface area (Å²) in [5, 5.41) is 14.8. The zero-order valence-corrected chi connectivity index (χ0v) is 21.9. The van der Waals surface area contributed by atoms with Gasteiger partial charge >= 0.3 is 11.9 Å². The molecular formula is C29H38FNO6. The maximum Gasteiger partial charge on any atom is 0.414 e. The lowest BCUT2D eigenvalue weighted by Crippen LogP contribution is -2.42. The zero-order chi connectivity index (χ0) is 27.2. The first-order chi connectivity index (χ1) is 17.8. The van der Waals surface area contributed by atoms with Gasteiger partial charge in [-0.2, -0.15) is 0 Å². The summed E-state index contributed by atoms with van der Waals surface area (Å²) in [5.74, 6) is -1.58. The molecule has 202 valence electrons. The summed E-state index contributed by atoms with van der Waals surface area (Å²) in [6.45, 7) is 8.09. The van der Waals surface area contributed by atoms with Crippen LogP contribution in [-0.2, 0) is 9.59 Å². The minimum Gasteiger partial charge on any atom is -0.493 e. The number of ether oxygens (including phenoxy) is 2. The lowest BCUT2D eigenvalue weighted by Gasteiger charge is -2.39. The Labute approximate surface area is 218 Å². The van der Waals surface area contributed by atoms with Crippen LogP contribution in [0.3, 0.4) is 0 Å². The molecular weight excluding hydrogens is 477 g/mol. The van der Waals surface area contributed by atoms with Crippen molar-refractivity contribution in [3.8, 4) is 11.5 Å². The fourth-order valence-electron chi connectivity index (χ4n) is 4.51. The van der Waals surface area contributed by atoms with Crippen LogP contribution in [0, 0.1) is 11.7 Å². The third-order valence-electron chi connectivity index (χ3n) is 6.38. The number of hydrogen-bond donors (Lipinski definition) is 2. The molecule has 2 aromatic rings. The van der Waals surface area contributed by atoms with E-state index in [1.165, 1.54) is 24.8 Å². The molecule has 2 atom stereocenters. The molecule has 0 aromatic heterocycles. The number of methoxy groups -OCH3 is 1. The number of likely N-dealkylation sites (tertiary alicyclic amines) is 1. The summed E-state index contributed by atoms with van der Waals surface area (Å²) in [4.78, 5) is 20.8. The number of carboxylic acids is 2. The van der Waals surface area contributed by atoms with Crippen molar-refractivity contribution in [3.05, 3.63) is 65.5 Å². The smallest absolute Gasteiger partial charge is 0.414 e. The van der Waals surface area contributed by atoms with Crippen molar-refractivity contribution >= 4 is 18.0 Å². The van der Waals surface area contributed by atoms with Crippen molar-refractivity contribution in [2.75, 3.05) is 33.4 Å². The molecule has 2 N–H and O–H groups in total. The lowest BCUT2D eigenvalue weighted by molar-refractivity contribution is -0.159. The number of hydrogen-bond acceptors (Lipinski definition) is 5. The summed E-state index contributed by atoms with van der Waals surface area (Å²) in [7, 11) is 1.68. The first-order valence-electron chi connectivity index (χ1n) is 12.7. The average molecular weight is 516 g/mol. The van der Waals surface area contributed by atoms with E-state index in [1.807, 2.05) is 49.4 Å². The van der Waals surface area contributed by atoms with Crippen molar-refractivity contribution in [1.82, 2.24) is 4.90 Å². The van der Waals surface area contributed by atoms with Gasteiger partial charge in [0.2, 0.25) is 0 Å². The summed E-state index contributed by atoms with van der Waals surface area (Å²) in [5.41, 5.74) is 2.30. The average Bonchev–Trinajstić information content (AvgIpc) is 2.89. The number of aliphatic carboxylic acids is 2. The van der Waals surface area contributed by atoms with Crippen LogP contribution in [0.15, 0.2) is 48.5 Å². The van der Waals surface area contributed by atoms with Crippen LogP contribution in [0.2, 0.25) is 0 Å². The molecule has 0 amide bonds. The zero-order valence-electron chi connectivity index (χ0n) is 21.9. The minimum atomic E-state index is -1.82. The van der Waals surface area contributed by atoms with E-state index in [4.69, 9.17) is 29.3 Å². The highest BCUT2D eigenvalue weighted by Crippen LogP contribution is 2.35. The van der Waals surface area contributed by atoms with Crippen LogP contribution in [0.4, 0.5) is 4.39 Å². The Morgan fingerprint density at radius 1 is 1.08 bits per heavy atom. The van der Waals surface area contributed by atoms with Gasteiger partial charge in [-0.1, -0.05) is 50.1 Å². The molecule has 0 bridgehead atoms. The monoisotopic (exact) mass is 515 g/mol. The second-order valence-corrected chi connectivity index (χ2v) is 9.05. The molecule has 1 fully saturated rings. The Kier molecular flexibility index (Phi) is 12.6. The maximum atomic E-state index is 13.5. The van der Waals surface area contributed by atoms with Crippen LogP contribution in [0.1, 0.15) is 56.6 Å². The molecule has 0 spiro atoms. The van der Waals surface area contributed by atoms with E-state index < -0.39 is 11.9 Å². The molecule has 1 aliphatic heterocycles. The molecule has 0 aliphatic carbocycles. The second kappa shape index (κ2) is 15.7. The topological polar surface area (TPSA) is 96.3 Å². The van der Waals surface area contributed by atoms with Gasteiger partial charge in [0.1, 0.15) is 5.82 Å². The first kappa shape index (κ1) is 29.8. The summed E-state index contributed by atoms with van der Waals surface area (Å²) >= 11 is 0. The number of piperidine rings is 1. The van der Waals surface area contributed by atoms with Crippen molar-refractivity contribution in [2.45, 2.75) is 45.4 Å². The molecule has 1 heterocycles. The fraction of sp³-hybridized carbons (Fsp3) is 0.448. The number of carboxylic acid groups (broad SMARTS) is 2. The second-order valence-electron chi connectivity index (χ2n) is 9.05. The van der Waals surface area contributed by atoms with Crippen LogP contribution < -0.4 is 9.47 Å². The number of carbonyl (C=O) groups is 2. The van der Waals surface area contributed by atoms with E-state index in [2.05, 4.69) is 11.8 Å². The third kappa shape index (κ3) is 9.88. The van der Waals surface area contributed by atoms with E-state index in [9.17, 15) is 4.39 Å². The Bertz CT molecular complexity index is 1010. The van der Waals surface area contributed by atoms with Crippen LogP contribution in [0.25, 0.3) is 6.08 Å².